The van der Waals surface area contributed by atoms with Gasteiger partial charge < -0.3 is 0 Å². The zero-order valence-electron chi connectivity index (χ0n) is 17.1. The van der Waals surface area contributed by atoms with E-state index in [2.05, 4.69) is 19.9 Å². The highest BCUT2D eigenvalue weighted by Crippen LogP contribution is 2.31. The van der Waals surface area contributed by atoms with Crippen LogP contribution in [0.2, 0.25) is 0 Å². The molecule has 2 unspecified atom stereocenters. The normalized spacial score (nSPS) is 16.9. The summed E-state index contributed by atoms with van der Waals surface area (Å²) < 4.78 is 41.7. The molecule has 0 spiro atoms. The fourth-order valence-electron chi connectivity index (χ4n) is 2.62. The number of hydrogen-bond acceptors (Lipinski definition) is 8. The standard InChI is InChI=1S/C18H28N6O2S2/c1-17(2,3)16-22-9-7-14(24-16)28(20,26)10-8-18(4,5)15-13(27(6,19)25)11-21-12-23-15/h7,9,11-12,19-20H,8,10H2,1-6H3. The second kappa shape index (κ2) is 7.47. The summed E-state index contributed by atoms with van der Waals surface area (Å²) in [5, 5.41) is 0.214. The lowest BCUT2D eigenvalue weighted by atomic mass is 9.86. The van der Waals surface area contributed by atoms with Gasteiger partial charge in [0.15, 0.2) is 0 Å². The second-order valence-corrected chi connectivity index (χ2v) is 12.9. The lowest BCUT2D eigenvalue weighted by molar-refractivity contribution is 0.476. The van der Waals surface area contributed by atoms with Gasteiger partial charge in [-0.1, -0.05) is 34.6 Å². The number of aromatic nitrogens is 4. The van der Waals surface area contributed by atoms with Gasteiger partial charge in [0, 0.05) is 35.2 Å². The Morgan fingerprint density at radius 1 is 1.07 bits per heavy atom. The maximum absolute atomic E-state index is 13.1. The Morgan fingerprint density at radius 3 is 2.29 bits per heavy atom. The van der Waals surface area contributed by atoms with Crippen LogP contribution in [0.25, 0.3) is 0 Å². The van der Waals surface area contributed by atoms with Crippen LogP contribution in [0.1, 0.15) is 52.6 Å². The van der Waals surface area contributed by atoms with Gasteiger partial charge in [0.1, 0.15) is 17.2 Å². The molecule has 2 aromatic rings. The number of nitrogens with zero attached hydrogens (tertiary/aromatic N) is 4. The van der Waals surface area contributed by atoms with Crippen LogP contribution >= 0.6 is 0 Å². The zero-order chi connectivity index (χ0) is 21.4. The maximum atomic E-state index is 13.1. The van der Waals surface area contributed by atoms with Gasteiger partial charge in [-0.05, 0) is 12.5 Å². The van der Waals surface area contributed by atoms with E-state index in [4.69, 9.17) is 9.56 Å². The van der Waals surface area contributed by atoms with E-state index in [1.54, 1.807) is 0 Å². The Hall–Kier alpha value is -1.94. The van der Waals surface area contributed by atoms with Gasteiger partial charge in [-0.25, -0.2) is 37.9 Å². The van der Waals surface area contributed by atoms with E-state index in [0.29, 0.717) is 17.9 Å². The van der Waals surface area contributed by atoms with Crippen LogP contribution in [0.3, 0.4) is 0 Å². The molecule has 0 radical (unpaired) electrons. The van der Waals surface area contributed by atoms with E-state index in [1.165, 1.54) is 31.0 Å². The van der Waals surface area contributed by atoms with Crippen molar-refractivity contribution in [1.29, 1.82) is 9.56 Å². The van der Waals surface area contributed by atoms with E-state index in [9.17, 15) is 8.42 Å². The number of rotatable bonds is 6. The molecule has 0 fully saturated rings. The Morgan fingerprint density at radius 2 is 1.71 bits per heavy atom. The third-order valence-corrected chi connectivity index (χ3v) is 7.21. The number of hydrogen-bond donors (Lipinski definition) is 2. The molecule has 0 amide bonds. The molecule has 0 bridgehead atoms. The first kappa shape index (κ1) is 22.4. The SMILES string of the molecule is CC(C)(C)c1nccc(S(=N)(=O)CCC(C)(C)c2ncncc2S(C)(=N)=O)n1. The van der Waals surface area contributed by atoms with E-state index in [1.807, 2.05) is 34.6 Å². The fraction of sp³-hybridized carbons (Fsp3) is 0.556. The molecule has 0 aromatic carbocycles. The molecular weight excluding hydrogens is 396 g/mol. The molecule has 0 aliphatic carbocycles. The highest BCUT2D eigenvalue weighted by molar-refractivity contribution is 7.92. The quantitative estimate of drug-likeness (QED) is 0.683. The van der Waals surface area contributed by atoms with Crippen molar-refractivity contribution in [1.82, 2.24) is 19.9 Å². The van der Waals surface area contributed by atoms with Gasteiger partial charge in [0.2, 0.25) is 0 Å². The molecule has 0 saturated carbocycles. The van der Waals surface area contributed by atoms with E-state index in [0.717, 1.165) is 0 Å². The summed E-state index contributed by atoms with van der Waals surface area (Å²) in [7, 11) is -6.15. The molecule has 10 heteroatoms. The van der Waals surface area contributed by atoms with Crippen LogP contribution in [-0.2, 0) is 30.3 Å². The van der Waals surface area contributed by atoms with Crippen LogP contribution < -0.4 is 0 Å². The van der Waals surface area contributed by atoms with Gasteiger partial charge in [-0.2, -0.15) is 0 Å². The first-order valence-electron chi connectivity index (χ1n) is 8.79. The minimum atomic E-state index is -3.15. The van der Waals surface area contributed by atoms with E-state index >= 15 is 0 Å². The Balaban J connectivity index is 2.33. The lowest BCUT2D eigenvalue weighted by Gasteiger charge is -2.26. The summed E-state index contributed by atoms with van der Waals surface area (Å²) >= 11 is 0. The monoisotopic (exact) mass is 424 g/mol. The molecular formula is C18H28N6O2S2. The summed E-state index contributed by atoms with van der Waals surface area (Å²) in [5.74, 6) is 0.606. The van der Waals surface area contributed by atoms with Crippen molar-refractivity contribution in [3.05, 3.63) is 36.3 Å². The topological polar surface area (TPSA) is 133 Å². The molecule has 2 rings (SSSR count). The number of nitrogens with one attached hydrogen (secondary N) is 2. The summed E-state index contributed by atoms with van der Waals surface area (Å²) in [6.45, 7) is 9.63. The fourth-order valence-corrected chi connectivity index (χ4v) is 5.10. The predicted octanol–water partition coefficient (Wildman–Crippen LogP) is 3.37. The van der Waals surface area contributed by atoms with Crippen LogP contribution in [0, 0.1) is 9.56 Å². The van der Waals surface area contributed by atoms with Crippen molar-refractivity contribution in [2.45, 2.75) is 61.8 Å². The van der Waals surface area contributed by atoms with Crippen LogP contribution in [0.5, 0.6) is 0 Å². The van der Waals surface area contributed by atoms with Crippen molar-refractivity contribution in [2.75, 3.05) is 12.0 Å². The second-order valence-electron chi connectivity index (χ2n) is 8.56. The van der Waals surface area contributed by atoms with Gasteiger partial charge in [0.05, 0.1) is 30.0 Å². The van der Waals surface area contributed by atoms with Gasteiger partial charge in [-0.3, -0.25) is 0 Å². The van der Waals surface area contributed by atoms with Crippen molar-refractivity contribution in [2.24, 2.45) is 0 Å². The van der Waals surface area contributed by atoms with E-state index in [-0.39, 0.29) is 21.1 Å². The third kappa shape index (κ3) is 5.11. The van der Waals surface area contributed by atoms with Crippen molar-refractivity contribution < 1.29 is 8.42 Å². The zero-order valence-corrected chi connectivity index (χ0v) is 18.8. The molecule has 2 heterocycles. The highest BCUT2D eigenvalue weighted by atomic mass is 32.2. The van der Waals surface area contributed by atoms with Crippen LogP contribution in [0.4, 0.5) is 0 Å². The molecule has 2 aromatic heterocycles. The molecule has 154 valence electrons. The molecule has 2 N–H and O–H groups in total. The predicted molar refractivity (Wildman–Crippen MR) is 109 cm³/mol. The maximum Gasteiger partial charge on any atom is 0.139 e. The molecule has 0 aliphatic rings. The van der Waals surface area contributed by atoms with Crippen LogP contribution in [-0.4, -0.2) is 40.4 Å². The summed E-state index contributed by atoms with van der Waals surface area (Å²) in [5.41, 5.74) is -0.462. The average Bonchev–Trinajstić information content (AvgIpc) is 2.59. The largest absolute Gasteiger partial charge is 0.249 e. The Kier molecular flexibility index (Phi) is 5.96. The highest BCUT2D eigenvalue weighted by Gasteiger charge is 2.30. The van der Waals surface area contributed by atoms with Gasteiger partial charge >= 0.3 is 0 Å². The minimum absolute atomic E-state index is 0.0624. The van der Waals surface area contributed by atoms with Crippen molar-refractivity contribution in [3.8, 4) is 0 Å². The third-order valence-electron chi connectivity index (χ3n) is 4.39. The first-order valence-corrected chi connectivity index (χ1v) is 12.5. The average molecular weight is 425 g/mol. The lowest BCUT2D eigenvalue weighted by Crippen LogP contribution is -2.26. The molecule has 0 aliphatic heterocycles. The first-order chi connectivity index (χ1) is 12.6. The molecule has 28 heavy (non-hydrogen) atoms. The van der Waals surface area contributed by atoms with E-state index < -0.39 is 24.9 Å². The van der Waals surface area contributed by atoms with Gasteiger partial charge in [0.25, 0.3) is 0 Å². The Bertz CT molecular complexity index is 1070. The van der Waals surface area contributed by atoms with Crippen molar-refractivity contribution in [3.63, 3.8) is 0 Å². The Labute approximate surface area is 167 Å². The summed E-state index contributed by atoms with van der Waals surface area (Å²) in [4.78, 5) is 17.0. The molecule has 8 nitrogen and oxygen atoms in total. The summed E-state index contributed by atoms with van der Waals surface area (Å²) in [6, 6.07) is 1.52. The molecule has 2 atom stereocenters. The van der Waals surface area contributed by atoms with Gasteiger partial charge in [-0.15, -0.1) is 0 Å². The van der Waals surface area contributed by atoms with Crippen LogP contribution in [0.15, 0.2) is 34.7 Å². The summed E-state index contributed by atoms with van der Waals surface area (Å²) in [6.07, 6.45) is 5.97. The smallest absolute Gasteiger partial charge is 0.139 e. The minimum Gasteiger partial charge on any atom is -0.249 e. The van der Waals surface area contributed by atoms with Crippen molar-refractivity contribution >= 4 is 19.5 Å². The molecule has 0 saturated heterocycles.